The number of benzene rings is 1. The van der Waals surface area contributed by atoms with Gasteiger partial charge in [-0.05, 0) is 37.0 Å². The monoisotopic (exact) mass is 250 g/mol. The molecule has 18 heavy (non-hydrogen) atoms. The minimum absolute atomic E-state index is 0.0960. The third-order valence-corrected chi connectivity index (χ3v) is 3.47. The van der Waals surface area contributed by atoms with E-state index in [1.165, 1.54) is 0 Å². The van der Waals surface area contributed by atoms with Crippen molar-refractivity contribution in [3.8, 4) is 11.5 Å². The van der Waals surface area contributed by atoms with Crippen molar-refractivity contribution >= 4 is 0 Å². The van der Waals surface area contributed by atoms with Crippen molar-refractivity contribution in [1.82, 2.24) is 0 Å². The highest BCUT2D eigenvalue weighted by Crippen LogP contribution is 2.35. The highest BCUT2D eigenvalue weighted by Gasteiger charge is 2.25. The van der Waals surface area contributed by atoms with Gasteiger partial charge < -0.3 is 19.3 Å². The summed E-state index contributed by atoms with van der Waals surface area (Å²) in [6, 6.07) is 5.60. The Morgan fingerprint density at radius 3 is 2.67 bits per heavy atom. The van der Waals surface area contributed by atoms with Crippen molar-refractivity contribution in [2.24, 2.45) is 0 Å². The number of ether oxygens (including phenoxy) is 3. The molecule has 0 aromatic heterocycles. The first-order chi connectivity index (χ1) is 8.84. The highest BCUT2D eigenvalue weighted by atomic mass is 16.6. The standard InChI is InChI=1S/C14H18O4/c15-14(12-3-1-2-6-16-12)10-4-5-11-13(9-10)18-8-7-17-11/h4-5,9,12,14-15H,1-3,6-8H2. The molecule has 2 atom stereocenters. The van der Waals surface area contributed by atoms with E-state index in [1.54, 1.807) is 0 Å². The van der Waals surface area contributed by atoms with Crippen LogP contribution in [0.3, 0.4) is 0 Å². The maximum absolute atomic E-state index is 10.3. The van der Waals surface area contributed by atoms with Crippen LogP contribution in [-0.4, -0.2) is 31.0 Å². The molecule has 2 unspecified atom stereocenters. The van der Waals surface area contributed by atoms with Crippen LogP contribution in [0.1, 0.15) is 30.9 Å². The van der Waals surface area contributed by atoms with Crippen LogP contribution in [0.25, 0.3) is 0 Å². The normalized spacial score (nSPS) is 24.6. The van der Waals surface area contributed by atoms with Crippen LogP contribution < -0.4 is 9.47 Å². The van der Waals surface area contributed by atoms with Gasteiger partial charge in [-0.3, -0.25) is 0 Å². The molecule has 4 nitrogen and oxygen atoms in total. The van der Waals surface area contributed by atoms with Gasteiger partial charge in [0.15, 0.2) is 11.5 Å². The quantitative estimate of drug-likeness (QED) is 0.872. The van der Waals surface area contributed by atoms with E-state index in [9.17, 15) is 5.11 Å². The van der Waals surface area contributed by atoms with Crippen LogP contribution in [0, 0.1) is 0 Å². The minimum Gasteiger partial charge on any atom is -0.486 e. The number of rotatable bonds is 2. The average Bonchev–Trinajstić information content (AvgIpc) is 2.47. The third-order valence-electron chi connectivity index (χ3n) is 3.47. The Morgan fingerprint density at radius 1 is 1.06 bits per heavy atom. The minimum atomic E-state index is -0.582. The second-order valence-electron chi connectivity index (χ2n) is 4.75. The summed E-state index contributed by atoms with van der Waals surface area (Å²) in [5, 5.41) is 10.3. The van der Waals surface area contributed by atoms with Gasteiger partial charge in [0.2, 0.25) is 0 Å². The highest BCUT2D eigenvalue weighted by molar-refractivity contribution is 5.44. The summed E-state index contributed by atoms with van der Waals surface area (Å²) in [6.07, 6.45) is 2.44. The summed E-state index contributed by atoms with van der Waals surface area (Å²) in [6.45, 7) is 1.89. The van der Waals surface area contributed by atoms with Crippen molar-refractivity contribution in [2.75, 3.05) is 19.8 Å². The Kier molecular flexibility index (Phi) is 3.39. The second-order valence-corrected chi connectivity index (χ2v) is 4.75. The Labute approximate surface area is 106 Å². The number of hydrogen-bond donors (Lipinski definition) is 1. The predicted octanol–water partition coefficient (Wildman–Crippen LogP) is 2.06. The van der Waals surface area contributed by atoms with E-state index < -0.39 is 6.10 Å². The molecule has 1 N–H and O–H groups in total. The molecular formula is C14H18O4. The summed E-state index contributed by atoms with van der Waals surface area (Å²) in [4.78, 5) is 0. The molecule has 98 valence electrons. The Hall–Kier alpha value is -1.26. The lowest BCUT2D eigenvalue weighted by atomic mass is 9.98. The molecule has 0 bridgehead atoms. The fourth-order valence-corrected chi connectivity index (χ4v) is 2.47. The van der Waals surface area contributed by atoms with Crippen molar-refractivity contribution in [1.29, 1.82) is 0 Å². The largest absolute Gasteiger partial charge is 0.486 e. The summed E-state index contributed by atoms with van der Waals surface area (Å²) in [5.74, 6) is 1.47. The first kappa shape index (κ1) is 11.8. The van der Waals surface area contributed by atoms with Gasteiger partial charge in [-0.25, -0.2) is 0 Å². The van der Waals surface area contributed by atoms with Gasteiger partial charge in [-0.15, -0.1) is 0 Å². The Bertz CT molecular complexity index is 412. The molecule has 0 spiro atoms. The van der Waals surface area contributed by atoms with Gasteiger partial charge in [0.25, 0.3) is 0 Å². The third kappa shape index (κ3) is 2.31. The fraction of sp³-hybridized carbons (Fsp3) is 0.571. The molecule has 2 aliphatic rings. The first-order valence-electron chi connectivity index (χ1n) is 6.54. The molecule has 2 heterocycles. The molecule has 2 aliphatic heterocycles. The van der Waals surface area contributed by atoms with Crippen molar-refractivity contribution in [2.45, 2.75) is 31.5 Å². The molecule has 1 fully saturated rings. The van der Waals surface area contributed by atoms with Crippen molar-refractivity contribution < 1.29 is 19.3 Å². The van der Waals surface area contributed by atoms with Gasteiger partial charge in [-0.2, -0.15) is 0 Å². The van der Waals surface area contributed by atoms with E-state index in [2.05, 4.69) is 0 Å². The molecule has 0 saturated carbocycles. The van der Waals surface area contributed by atoms with Gasteiger partial charge in [-0.1, -0.05) is 6.07 Å². The van der Waals surface area contributed by atoms with E-state index in [1.807, 2.05) is 18.2 Å². The summed E-state index contributed by atoms with van der Waals surface area (Å²) in [7, 11) is 0. The van der Waals surface area contributed by atoms with Gasteiger partial charge in [0.05, 0.1) is 6.10 Å². The van der Waals surface area contributed by atoms with Crippen LogP contribution in [-0.2, 0) is 4.74 Å². The van der Waals surface area contributed by atoms with Crippen LogP contribution in [0.4, 0.5) is 0 Å². The van der Waals surface area contributed by atoms with E-state index in [-0.39, 0.29) is 6.10 Å². The molecule has 0 radical (unpaired) electrons. The summed E-state index contributed by atoms with van der Waals surface area (Å²) >= 11 is 0. The zero-order chi connectivity index (χ0) is 12.4. The molecule has 0 amide bonds. The van der Waals surface area contributed by atoms with E-state index in [0.29, 0.717) is 19.0 Å². The zero-order valence-corrected chi connectivity index (χ0v) is 10.3. The Morgan fingerprint density at radius 2 is 1.89 bits per heavy atom. The lowest BCUT2D eigenvalue weighted by Crippen LogP contribution is -2.26. The SMILES string of the molecule is OC(c1ccc2c(c1)OCCO2)C1CCCCO1. The number of aliphatic hydroxyl groups is 1. The molecule has 0 aliphatic carbocycles. The lowest BCUT2D eigenvalue weighted by molar-refractivity contribution is -0.0634. The second kappa shape index (κ2) is 5.16. The van der Waals surface area contributed by atoms with Crippen molar-refractivity contribution in [3.05, 3.63) is 23.8 Å². The van der Waals surface area contributed by atoms with Crippen LogP contribution in [0.15, 0.2) is 18.2 Å². The van der Waals surface area contributed by atoms with Crippen LogP contribution in [0.5, 0.6) is 11.5 Å². The first-order valence-corrected chi connectivity index (χ1v) is 6.54. The molecule has 1 saturated heterocycles. The lowest BCUT2D eigenvalue weighted by Gasteiger charge is -2.28. The molecule has 3 rings (SSSR count). The molecule has 4 heteroatoms. The van der Waals surface area contributed by atoms with E-state index in [4.69, 9.17) is 14.2 Å². The summed E-state index contributed by atoms with van der Waals surface area (Å²) in [5.41, 5.74) is 0.839. The number of aliphatic hydroxyl groups excluding tert-OH is 1. The molecule has 1 aromatic carbocycles. The molecule has 1 aromatic rings. The van der Waals surface area contributed by atoms with Gasteiger partial charge in [0, 0.05) is 6.61 Å². The maximum atomic E-state index is 10.3. The fourth-order valence-electron chi connectivity index (χ4n) is 2.47. The smallest absolute Gasteiger partial charge is 0.161 e. The topological polar surface area (TPSA) is 47.9 Å². The van der Waals surface area contributed by atoms with Crippen molar-refractivity contribution in [3.63, 3.8) is 0 Å². The number of hydrogen-bond acceptors (Lipinski definition) is 4. The average molecular weight is 250 g/mol. The molecular weight excluding hydrogens is 232 g/mol. The van der Waals surface area contributed by atoms with E-state index >= 15 is 0 Å². The van der Waals surface area contributed by atoms with Crippen LogP contribution in [0.2, 0.25) is 0 Å². The van der Waals surface area contributed by atoms with Gasteiger partial charge in [0.1, 0.15) is 19.3 Å². The summed E-state index contributed by atoms with van der Waals surface area (Å²) < 4.78 is 16.6. The zero-order valence-electron chi connectivity index (χ0n) is 10.3. The predicted molar refractivity (Wildman–Crippen MR) is 66.0 cm³/mol. The van der Waals surface area contributed by atoms with Crippen LogP contribution >= 0.6 is 0 Å². The Balaban J connectivity index is 1.78. The number of fused-ring (bicyclic) bond motifs is 1. The van der Waals surface area contributed by atoms with Gasteiger partial charge >= 0.3 is 0 Å². The van der Waals surface area contributed by atoms with E-state index in [0.717, 1.165) is 37.2 Å². The maximum Gasteiger partial charge on any atom is 0.161 e.